The van der Waals surface area contributed by atoms with Gasteiger partial charge in [0.05, 0.1) is 9.85 Å². The molecule has 0 aromatic heterocycles. The van der Waals surface area contributed by atoms with Crippen LogP contribution < -0.4 is 0 Å². The molecule has 0 heterocycles. The monoisotopic (exact) mass is 414 g/mol. The van der Waals surface area contributed by atoms with Crippen LogP contribution in [0.2, 0.25) is 0 Å². The number of fused-ring (bicyclic) bond motifs is 1. The maximum Gasteiger partial charge on any atom is 0.269 e. The lowest BCUT2D eigenvalue weighted by molar-refractivity contribution is -0.385. The SMILES string of the molecule is O=[N+]([O-])c1ccc(-c2ccc(-c3ccc([N+](=O)[O-])cc3)c3c2CC2(CCCC2)C3)cc1. The highest BCUT2D eigenvalue weighted by Gasteiger charge is 2.41. The summed E-state index contributed by atoms with van der Waals surface area (Å²) in [4.78, 5) is 21.3. The first-order valence-corrected chi connectivity index (χ1v) is 10.6. The van der Waals surface area contributed by atoms with E-state index in [1.165, 1.54) is 36.8 Å². The highest BCUT2D eigenvalue weighted by atomic mass is 16.6. The van der Waals surface area contributed by atoms with Gasteiger partial charge in [0.2, 0.25) is 0 Å². The number of nitro benzene ring substituents is 2. The Morgan fingerprint density at radius 3 is 1.35 bits per heavy atom. The standard InChI is InChI=1S/C25H22N2O4/c28-26(29)19-7-3-17(4-8-19)21-11-12-22(18-5-9-20(10-6-18)27(30)31)24-16-25(15-23(21)24)13-1-2-14-25/h3-12H,1-2,13-16H2. The largest absolute Gasteiger partial charge is 0.269 e. The van der Waals surface area contributed by atoms with Gasteiger partial charge in [0.15, 0.2) is 0 Å². The van der Waals surface area contributed by atoms with Gasteiger partial charge < -0.3 is 0 Å². The smallest absolute Gasteiger partial charge is 0.258 e. The zero-order chi connectivity index (χ0) is 21.6. The third kappa shape index (κ3) is 3.38. The van der Waals surface area contributed by atoms with Crippen LogP contribution in [-0.2, 0) is 12.8 Å². The molecule has 1 fully saturated rings. The fraction of sp³-hybridized carbons (Fsp3) is 0.280. The van der Waals surface area contributed by atoms with Gasteiger partial charge >= 0.3 is 0 Å². The van der Waals surface area contributed by atoms with Gasteiger partial charge in [-0.2, -0.15) is 0 Å². The molecule has 156 valence electrons. The van der Waals surface area contributed by atoms with Gasteiger partial charge in [0.25, 0.3) is 11.4 Å². The molecule has 2 aliphatic carbocycles. The van der Waals surface area contributed by atoms with E-state index in [-0.39, 0.29) is 21.2 Å². The van der Waals surface area contributed by atoms with Crippen molar-refractivity contribution in [2.75, 3.05) is 0 Å². The summed E-state index contributed by atoms with van der Waals surface area (Å²) >= 11 is 0. The molecule has 6 nitrogen and oxygen atoms in total. The summed E-state index contributed by atoms with van der Waals surface area (Å²) < 4.78 is 0. The lowest BCUT2D eigenvalue weighted by Crippen LogP contribution is -2.15. The summed E-state index contributed by atoms with van der Waals surface area (Å²) in [5.74, 6) is 0. The van der Waals surface area contributed by atoms with Crippen molar-refractivity contribution in [2.24, 2.45) is 5.41 Å². The maximum atomic E-state index is 11.0. The van der Waals surface area contributed by atoms with Crippen LogP contribution >= 0.6 is 0 Å². The van der Waals surface area contributed by atoms with Gasteiger partial charge in [-0.15, -0.1) is 0 Å². The van der Waals surface area contributed by atoms with Crippen molar-refractivity contribution >= 4 is 11.4 Å². The molecule has 1 spiro atoms. The van der Waals surface area contributed by atoms with E-state index in [2.05, 4.69) is 12.1 Å². The molecule has 0 saturated heterocycles. The maximum absolute atomic E-state index is 11.0. The van der Waals surface area contributed by atoms with E-state index in [0.29, 0.717) is 5.41 Å². The molecule has 31 heavy (non-hydrogen) atoms. The summed E-state index contributed by atoms with van der Waals surface area (Å²) in [7, 11) is 0. The Labute approximate surface area is 179 Å². The lowest BCUT2D eigenvalue weighted by Gasteiger charge is -2.22. The number of nitrogens with zero attached hydrogens (tertiary/aromatic N) is 2. The summed E-state index contributed by atoms with van der Waals surface area (Å²) in [6.07, 6.45) is 7.01. The van der Waals surface area contributed by atoms with Crippen molar-refractivity contribution < 1.29 is 9.85 Å². The van der Waals surface area contributed by atoms with Crippen LogP contribution in [0.4, 0.5) is 11.4 Å². The van der Waals surface area contributed by atoms with Gasteiger partial charge in [-0.05, 0) is 88.7 Å². The van der Waals surface area contributed by atoms with Crippen LogP contribution in [0.15, 0.2) is 60.7 Å². The van der Waals surface area contributed by atoms with Crippen molar-refractivity contribution in [3.8, 4) is 22.3 Å². The van der Waals surface area contributed by atoms with E-state index in [1.807, 2.05) is 24.3 Å². The molecule has 0 amide bonds. The third-order valence-electron chi connectivity index (χ3n) is 6.98. The van der Waals surface area contributed by atoms with Crippen LogP contribution in [0.25, 0.3) is 22.3 Å². The Kier molecular flexibility index (Phi) is 4.58. The van der Waals surface area contributed by atoms with Crippen LogP contribution in [0.3, 0.4) is 0 Å². The average molecular weight is 414 g/mol. The molecular formula is C25H22N2O4. The minimum Gasteiger partial charge on any atom is -0.258 e. The predicted octanol–water partition coefficient (Wildman–Crippen LogP) is 6.50. The topological polar surface area (TPSA) is 86.3 Å². The molecule has 2 aliphatic rings. The summed E-state index contributed by atoms with van der Waals surface area (Å²) in [6.45, 7) is 0. The normalized spacial score (nSPS) is 16.4. The number of rotatable bonds is 4. The zero-order valence-electron chi connectivity index (χ0n) is 17.0. The third-order valence-corrected chi connectivity index (χ3v) is 6.98. The first kappa shape index (κ1) is 19.4. The first-order chi connectivity index (χ1) is 15.0. The van der Waals surface area contributed by atoms with Gasteiger partial charge in [0.1, 0.15) is 0 Å². The molecule has 6 heteroatoms. The number of benzene rings is 3. The molecule has 0 radical (unpaired) electrons. The van der Waals surface area contributed by atoms with Crippen molar-refractivity contribution in [1.82, 2.24) is 0 Å². The Balaban J connectivity index is 1.61. The number of non-ortho nitro benzene ring substituents is 2. The molecule has 5 rings (SSSR count). The summed E-state index contributed by atoms with van der Waals surface area (Å²) in [6, 6.07) is 17.8. The zero-order valence-corrected chi connectivity index (χ0v) is 17.0. The summed E-state index contributed by atoms with van der Waals surface area (Å²) in [5, 5.41) is 22.1. The van der Waals surface area contributed by atoms with E-state index in [0.717, 1.165) is 35.1 Å². The van der Waals surface area contributed by atoms with Crippen LogP contribution in [-0.4, -0.2) is 9.85 Å². The van der Waals surface area contributed by atoms with Gasteiger partial charge in [-0.3, -0.25) is 20.2 Å². The van der Waals surface area contributed by atoms with Crippen molar-refractivity contribution in [1.29, 1.82) is 0 Å². The number of nitro groups is 2. The fourth-order valence-corrected chi connectivity index (χ4v) is 5.45. The van der Waals surface area contributed by atoms with Crippen molar-refractivity contribution in [3.63, 3.8) is 0 Å². The molecule has 0 unspecified atom stereocenters. The van der Waals surface area contributed by atoms with E-state index in [1.54, 1.807) is 24.3 Å². The van der Waals surface area contributed by atoms with Crippen LogP contribution in [0, 0.1) is 25.6 Å². The molecular weight excluding hydrogens is 392 g/mol. The molecule has 1 saturated carbocycles. The van der Waals surface area contributed by atoms with E-state index in [4.69, 9.17) is 0 Å². The lowest BCUT2D eigenvalue weighted by atomic mass is 9.82. The van der Waals surface area contributed by atoms with Crippen molar-refractivity contribution in [3.05, 3.63) is 92.0 Å². The molecule has 3 aromatic rings. The summed E-state index contributed by atoms with van der Waals surface area (Å²) in [5.41, 5.74) is 7.40. The number of hydrogen-bond donors (Lipinski definition) is 0. The van der Waals surface area contributed by atoms with E-state index in [9.17, 15) is 20.2 Å². The van der Waals surface area contributed by atoms with Gasteiger partial charge in [0, 0.05) is 24.3 Å². The second-order valence-corrected chi connectivity index (χ2v) is 8.79. The van der Waals surface area contributed by atoms with E-state index >= 15 is 0 Å². The second kappa shape index (κ2) is 7.30. The van der Waals surface area contributed by atoms with Crippen LogP contribution in [0.5, 0.6) is 0 Å². The molecule has 0 bridgehead atoms. The molecule has 0 aliphatic heterocycles. The molecule has 3 aromatic carbocycles. The van der Waals surface area contributed by atoms with Crippen molar-refractivity contribution in [2.45, 2.75) is 38.5 Å². The highest BCUT2D eigenvalue weighted by Crippen LogP contribution is 2.53. The predicted molar refractivity (Wildman–Crippen MR) is 119 cm³/mol. The average Bonchev–Trinajstić information content (AvgIpc) is 3.39. The first-order valence-electron chi connectivity index (χ1n) is 10.6. The van der Waals surface area contributed by atoms with Gasteiger partial charge in [-0.25, -0.2) is 0 Å². The Morgan fingerprint density at radius 2 is 1.00 bits per heavy atom. The fourth-order valence-electron chi connectivity index (χ4n) is 5.45. The highest BCUT2D eigenvalue weighted by molar-refractivity contribution is 5.79. The Hall–Kier alpha value is -3.54. The minimum atomic E-state index is -0.376. The number of hydrogen-bond acceptors (Lipinski definition) is 4. The molecule has 0 N–H and O–H groups in total. The van der Waals surface area contributed by atoms with Crippen LogP contribution in [0.1, 0.15) is 36.8 Å². The van der Waals surface area contributed by atoms with E-state index < -0.39 is 0 Å². The Bertz CT molecular complexity index is 1090. The second-order valence-electron chi connectivity index (χ2n) is 8.79. The van der Waals surface area contributed by atoms with Gasteiger partial charge in [-0.1, -0.05) is 25.0 Å². The Morgan fingerprint density at radius 1 is 0.613 bits per heavy atom. The minimum absolute atomic E-state index is 0.0927. The quantitative estimate of drug-likeness (QED) is 0.360. The molecule has 0 atom stereocenters.